The van der Waals surface area contributed by atoms with E-state index in [-0.39, 0.29) is 17.4 Å². The largest absolute Gasteiger partial charge is 0.496 e. The standard InChI is InChI=1S/C25H34N2O5S/c1-16(2)10-11-27-21-9-8-19(14-22(21)32-15-25(5,6)24(27)28)26-33(29,30)20-12-17(3)23(31-7)18(4)13-20/h8-9,12-14,16,26H,10-11,15H2,1-7H3. The second-order valence-electron chi connectivity index (χ2n) is 9.69. The summed E-state index contributed by atoms with van der Waals surface area (Å²) in [6.07, 6.45) is 0.853. The number of carbonyl (C=O) groups is 1. The Balaban J connectivity index is 1.95. The van der Waals surface area contributed by atoms with Crippen LogP contribution in [0.4, 0.5) is 11.4 Å². The molecule has 7 nitrogen and oxygen atoms in total. The Labute approximate surface area is 197 Å². The third-order valence-corrected chi connectivity index (χ3v) is 7.15. The first-order valence-corrected chi connectivity index (χ1v) is 12.6. The maximum absolute atomic E-state index is 13.2. The SMILES string of the molecule is COc1c(C)cc(S(=O)(=O)Nc2ccc3c(c2)OCC(C)(C)C(=O)N3CCC(C)C)cc1C. The lowest BCUT2D eigenvalue weighted by molar-refractivity contribution is -0.127. The molecular formula is C25H34N2O5S. The van der Waals surface area contributed by atoms with Crippen LogP contribution in [-0.2, 0) is 14.8 Å². The number of nitrogens with zero attached hydrogens (tertiary/aromatic N) is 1. The van der Waals surface area contributed by atoms with Gasteiger partial charge in [-0.2, -0.15) is 0 Å². The summed E-state index contributed by atoms with van der Waals surface area (Å²) >= 11 is 0. The number of anilines is 2. The van der Waals surface area contributed by atoms with Crippen LogP contribution in [0.25, 0.3) is 0 Å². The van der Waals surface area contributed by atoms with Crippen molar-refractivity contribution in [2.45, 2.75) is 52.9 Å². The number of nitrogens with one attached hydrogen (secondary N) is 1. The van der Waals surface area contributed by atoms with E-state index in [0.717, 1.165) is 17.5 Å². The molecule has 0 aromatic heterocycles. The molecule has 0 aliphatic carbocycles. The fourth-order valence-electron chi connectivity index (χ4n) is 3.92. The molecule has 0 unspecified atom stereocenters. The van der Waals surface area contributed by atoms with E-state index in [1.165, 1.54) is 0 Å². The molecule has 0 saturated heterocycles. The highest BCUT2D eigenvalue weighted by atomic mass is 32.2. The topological polar surface area (TPSA) is 84.9 Å². The Morgan fingerprint density at radius 1 is 1.15 bits per heavy atom. The van der Waals surface area contributed by atoms with Gasteiger partial charge in [0.25, 0.3) is 10.0 Å². The zero-order valence-electron chi connectivity index (χ0n) is 20.5. The Morgan fingerprint density at radius 3 is 2.36 bits per heavy atom. The molecule has 1 aliphatic rings. The first kappa shape index (κ1) is 24.9. The summed E-state index contributed by atoms with van der Waals surface area (Å²) in [5.74, 6) is 1.59. The van der Waals surface area contributed by atoms with E-state index >= 15 is 0 Å². The zero-order valence-corrected chi connectivity index (χ0v) is 21.3. The monoisotopic (exact) mass is 474 g/mol. The minimum absolute atomic E-state index is 0.000543. The van der Waals surface area contributed by atoms with E-state index in [9.17, 15) is 13.2 Å². The van der Waals surface area contributed by atoms with Crippen LogP contribution >= 0.6 is 0 Å². The van der Waals surface area contributed by atoms with Gasteiger partial charge in [0, 0.05) is 12.6 Å². The lowest BCUT2D eigenvalue weighted by atomic mass is 9.92. The van der Waals surface area contributed by atoms with Gasteiger partial charge in [-0.3, -0.25) is 9.52 Å². The molecule has 0 spiro atoms. The number of sulfonamides is 1. The number of amides is 1. The number of carbonyl (C=O) groups excluding carboxylic acids is 1. The van der Waals surface area contributed by atoms with E-state index in [2.05, 4.69) is 18.6 Å². The highest BCUT2D eigenvalue weighted by Gasteiger charge is 2.37. The Morgan fingerprint density at radius 2 is 1.79 bits per heavy atom. The van der Waals surface area contributed by atoms with E-state index < -0.39 is 15.4 Å². The van der Waals surface area contributed by atoms with Crippen LogP contribution in [0.1, 0.15) is 45.2 Å². The average molecular weight is 475 g/mol. The molecule has 3 rings (SSSR count). The summed E-state index contributed by atoms with van der Waals surface area (Å²) in [4.78, 5) is 15.1. The van der Waals surface area contributed by atoms with Crippen LogP contribution < -0.4 is 19.1 Å². The smallest absolute Gasteiger partial charge is 0.261 e. The third kappa shape index (κ3) is 5.27. The molecule has 1 aliphatic heterocycles. The predicted octanol–water partition coefficient (Wildman–Crippen LogP) is 4.91. The van der Waals surface area contributed by atoms with Crippen molar-refractivity contribution < 1.29 is 22.7 Å². The number of benzene rings is 2. The highest BCUT2D eigenvalue weighted by molar-refractivity contribution is 7.92. The van der Waals surface area contributed by atoms with Crippen molar-refractivity contribution in [3.63, 3.8) is 0 Å². The molecule has 2 aromatic carbocycles. The van der Waals surface area contributed by atoms with Crippen LogP contribution in [-0.4, -0.2) is 34.6 Å². The molecule has 0 saturated carbocycles. The number of fused-ring (bicyclic) bond motifs is 1. The minimum Gasteiger partial charge on any atom is -0.496 e. The first-order chi connectivity index (χ1) is 15.4. The van der Waals surface area contributed by atoms with Crippen molar-refractivity contribution in [2.24, 2.45) is 11.3 Å². The van der Waals surface area contributed by atoms with Gasteiger partial charge in [0.2, 0.25) is 5.91 Å². The summed E-state index contributed by atoms with van der Waals surface area (Å²) in [6.45, 7) is 12.4. The second-order valence-corrected chi connectivity index (χ2v) is 11.4. The van der Waals surface area contributed by atoms with Gasteiger partial charge in [-0.1, -0.05) is 13.8 Å². The molecule has 0 radical (unpaired) electrons. The summed E-state index contributed by atoms with van der Waals surface area (Å²) in [7, 11) is -2.27. The molecule has 2 aromatic rings. The molecule has 1 amide bonds. The van der Waals surface area contributed by atoms with Crippen LogP contribution in [0.15, 0.2) is 35.2 Å². The molecule has 1 N–H and O–H groups in total. The van der Waals surface area contributed by atoms with Crippen LogP contribution in [0.2, 0.25) is 0 Å². The Kier molecular flexibility index (Phi) is 6.98. The number of hydrogen-bond acceptors (Lipinski definition) is 5. The van der Waals surface area contributed by atoms with Gasteiger partial charge in [0.05, 0.1) is 28.8 Å². The molecule has 0 bridgehead atoms. The van der Waals surface area contributed by atoms with E-state index in [0.29, 0.717) is 35.3 Å². The van der Waals surface area contributed by atoms with Gasteiger partial charge in [-0.25, -0.2) is 8.42 Å². The van der Waals surface area contributed by atoms with Crippen molar-refractivity contribution in [3.05, 3.63) is 41.5 Å². The summed E-state index contributed by atoms with van der Waals surface area (Å²) in [5.41, 5.74) is 1.82. The zero-order chi connectivity index (χ0) is 24.6. The third-order valence-electron chi connectivity index (χ3n) is 5.79. The van der Waals surface area contributed by atoms with Crippen LogP contribution in [0.3, 0.4) is 0 Å². The molecular weight excluding hydrogens is 440 g/mol. The van der Waals surface area contributed by atoms with Crippen molar-refractivity contribution in [1.82, 2.24) is 0 Å². The van der Waals surface area contributed by atoms with Crippen molar-refractivity contribution in [3.8, 4) is 11.5 Å². The molecule has 0 atom stereocenters. The van der Waals surface area contributed by atoms with Gasteiger partial charge < -0.3 is 14.4 Å². The fourth-order valence-corrected chi connectivity index (χ4v) is 5.14. The molecule has 8 heteroatoms. The van der Waals surface area contributed by atoms with E-state index in [1.807, 2.05) is 27.7 Å². The first-order valence-electron chi connectivity index (χ1n) is 11.1. The van der Waals surface area contributed by atoms with Crippen molar-refractivity contribution in [2.75, 3.05) is 29.9 Å². The van der Waals surface area contributed by atoms with E-state index in [1.54, 1.807) is 42.3 Å². The summed E-state index contributed by atoms with van der Waals surface area (Å²) in [5, 5.41) is 0. The normalized spacial score (nSPS) is 15.6. The number of methoxy groups -OCH3 is 1. The quantitative estimate of drug-likeness (QED) is 0.616. The predicted molar refractivity (Wildman–Crippen MR) is 131 cm³/mol. The van der Waals surface area contributed by atoms with Gasteiger partial charge >= 0.3 is 0 Å². The summed E-state index contributed by atoms with van der Waals surface area (Å²) in [6, 6.07) is 8.23. The van der Waals surface area contributed by atoms with Gasteiger partial charge in [0.1, 0.15) is 18.1 Å². The lowest BCUT2D eigenvalue weighted by Gasteiger charge is -2.28. The number of hydrogen-bond donors (Lipinski definition) is 1. The van der Waals surface area contributed by atoms with Crippen molar-refractivity contribution in [1.29, 1.82) is 0 Å². The minimum atomic E-state index is -3.83. The van der Waals surface area contributed by atoms with Gasteiger partial charge in [-0.15, -0.1) is 0 Å². The van der Waals surface area contributed by atoms with Gasteiger partial charge in [-0.05, 0) is 75.4 Å². The van der Waals surface area contributed by atoms with Crippen molar-refractivity contribution >= 4 is 27.3 Å². The number of rotatable bonds is 7. The lowest BCUT2D eigenvalue weighted by Crippen LogP contribution is -2.42. The Hall–Kier alpha value is -2.74. The fraction of sp³-hybridized carbons (Fsp3) is 0.480. The van der Waals surface area contributed by atoms with Gasteiger partial charge in [0.15, 0.2) is 0 Å². The molecule has 0 fully saturated rings. The highest BCUT2D eigenvalue weighted by Crippen LogP contribution is 2.39. The van der Waals surface area contributed by atoms with E-state index in [4.69, 9.17) is 9.47 Å². The molecule has 1 heterocycles. The Bertz CT molecular complexity index is 1130. The number of ether oxygens (including phenoxy) is 2. The summed E-state index contributed by atoms with van der Waals surface area (Å²) < 4.78 is 40.1. The maximum Gasteiger partial charge on any atom is 0.261 e. The molecule has 33 heavy (non-hydrogen) atoms. The maximum atomic E-state index is 13.2. The molecule has 180 valence electrons. The van der Waals surface area contributed by atoms with Crippen LogP contribution in [0.5, 0.6) is 11.5 Å². The number of aryl methyl sites for hydroxylation is 2. The van der Waals surface area contributed by atoms with Crippen LogP contribution in [0, 0.1) is 25.2 Å². The average Bonchev–Trinajstić information content (AvgIpc) is 2.81. The second kappa shape index (κ2) is 9.25.